The second-order valence-electron chi connectivity index (χ2n) is 4.88. The van der Waals surface area contributed by atoms with Gasteiger partial charge in [-0.15, -0.1) is 5.10 Å². The van der Waals surface area contributed by atoms with Crippen LogP contribution in [0.1, 0.15) is 5.56 Å². The third-order valence-electron chi connectivity index (χ3n) is 3.69. The van der Waals surface area contributed by atoms with Crippen LogP contribution in [-0.4, -0.2) is 21.5 Å². The van der Waals surface area contributed by atoms with E-state index in [1.54, 1.807) is 0 Å². The van der Waals surface area contributed by atoms with E-state index in [1.165, 1.54) is 16.8 Å². The van der Waals surface area contributed by atoms with E-state index in [9.17, 15) is 0 Å². The Balaban J connectivity index is 1.89. The van der Waals surface area contributed by atoms with E-state index in [4.69, 9.17) is 0 Å². The second kappa shape index (κ2) is 4.49. The van der Waals surface area contributed by atoms with Gasteiger partial charge < -0.3 is 5.32 Å². The summed E-state index contributed by atoms with van der Waals surface area (Å²) < 4.78 is 1.90. The first-order valence-corrected chi connectivity index (χ1v) is 6.76. The quantitative estimate of drug-likeness (QED) is 0.772. The van der Waals surface area contributed by atoms with Gasteiger partial charge in [-0.2, -0.15) is 0 Å². The molecule has 0 amide bonds. The molecule has 0 unspecified atom stereocenters. The molecule has 1 aliphatic rings. The second-order valence-corrected chi connectivity index (χ2v) is 4.88. The van der Waals surface area contributed by atoms with E-state index in [2.05, 4.69) is 33.8 Å². The molecule has 1 N–H and O–H groups in total. The number of fused-ring (bicyclic) bond motifs is 1. The molecule has 20 heavy (non-hydrogen) atoms. The number of benzene rings is 2. The highest BCUT2D eigenvalue weighted by Crippen LogP contribution is 2.33. The van der Waals surface area contributed by atoms with Gasteiger partial charge in [0.25, 0.3) is 0 Å². The van der Waals surface area contributed by atoms with Crippen molar-refractivity contribution >= 4 is 5.69 Å². The van der Waals surface area contributed by atoms with Gasteiger partial charge in [-0.1, -0.05) is 35.5 Å². The minimum Gasteiger partial charge on any atom is -0.384 e. The smallest absolute Gasteiger partial charge is 0.0947 e. The van der Waals surface area contributed by atoms with Crippen LogP contribution in [0.5, 0.6) is 0 Å². The molecule has 0 bridgehead atoms. The highest BCUT2D eigenvalue weighted by molar-refractivity contribution is 5.74. The molecule has 1 aliphatic heterocycles. The molecule has 2 heterocycles. The molecule has 0 radical (unpaired) electrons. The summed E-state index contributed by atoms with van der Waals surface area (Å²) in [6.45, 7) is 0.999. The Labute approximate surface area is 117 Å². The average Bonchev–Trinajstić information content (AvgIpc) is 3.16. The van der Waals surface area contributed by atoms with Crippen LogP contribution in [0, 0.1) is 0 Å². The fraction of sp³-hybridized carbons (Fsp3) is 0.125. The molecule has 0 saturated heterocycles. The van der Waals surface area contributed by atoms with Gasteiger partial charge in [0.15, 0.2) is 0 Å². The molecule has 98 valence electrons. The normalized spacial score (nSPS) is 13.0. The molecule has 4 nitrogen and oxygen atoms in total. The third-order valence-corrected chi connectivity index (χ3v) is 3.69. The number of aromatic nitrogens is 3. The maximum absolute atomic E-state index is 4.23. The minimum atomic E-state index is 0.999. The molecule has 4 heteroatoms. The van der Waals surface area contributed by atoms with Crippen molar-refractivity contribution in [2.45, 2.75) is 6.42 Å². The molecule has 2 aromatic carbocycles. The molecule has 0 aliphatic carbocycles. The van der Waals surface area contributed by atoms with Gasteiger partial charge in [-0.05, 0) is 30.2 Å². The van der Waals surface area contributed by atoms with Gasteiger partial charge in [-0.3, -0.25) is 0 Å². The third kappa shape index (κ3) is 1.69. The van der Waals surface area contributed by atoms with Crippen molar-refractivity contribution in [3.63, 3.8) is 0 Å². The first-order chi connectivity index (χ1) is 9.93. The molecule has 0 atom stereocenters. The van der Waals surface area contributed by atoms with Crippen molar-refractivity contribution in [3.05, 3.63) is 60.3 Å². The fourth-order valence-corrected chi connectivity index (χ4v) is 2.76. The predicted molar refractivity (Wildman–Crippen MR) is 79.0 cm³/mol. The zero-order chi connectivity index (χ0) is 13.4. The van der Waals surface area contributed by atoms with Gasteiger partial charge in [0, 0.05) is 17.8 Å². The van der Waals surface area contributed by atoms with Crippen LogP contribution in [0.3, 0.4) is 0 Å². The summed E-state index contributed by atoms with van der Waals surface area (Å²) in [7, 11) is 0. The van der Waals surface area contributed by atoms with Crippen LogP contribution in [0.15, 0.2) is 54.7 Å². The summed E-state index contributed by atoms with van der Waals surface area (Å²) in [5, 5.41) is 11.7. The van der Waals surface area contributed by atoms with Crippen LogP contribution < -0.4 is 5.32 Å². The Morgan fingerprint density at radius 1 is 1.00 bits per heavy atom. The Hall–Kier alpha value is -2.62. The Morgan fingerprint density at radius 3 is 2.80 bits per heavy atom. The zero-order valence-corrected chi connectivity index (χ0v) is 11.0. The number of nitrogens with zero attached hydrogens (tertiary/aromatic N) is 3. The standard InChI is InChI=1S/C16H14N4/c1-2-5-12(6-3-1)20-16(11-18-19-20)14-7-4-8-15-13(14)9-10-17-15/h1-8,11,17H,9-10H2. The van der Waals surface area contributed by atoms with Crippen LogP contribution >= 0.6 is 0 Å². The summed E-state index contributed by atoms with van der Waals surface area (Å²) >= 11 is 0. The van der Waals surface area contributed by atoms with Gasteiger partial charge in [0.2, 0.25) is 0 Å². The van der Waals surface area contributed by atoms with Crippen molar-refractivity contribution < 1.29 is 0 Å². The van der Waals surface area contributed by atoms with E-state index < -0.39 is 0 Å². The van der Waals surface area contributed by atoms with E-state index in [1.807, 2.05) is 41.2 Å². The molecular formula is C16H14N4. The highest BCUT2D eigenvalue weighted by Gasteiger charge is 2.18. The lowest BCUT2D eigenvalue weighted by Gasteiger charge is -2.09. The SMILES string of the molecule is c1ccc(-n2nncc2-c2cccc3c2CCN3)cc1. The summed E-state index contributed by atoms with van der Waals surface area (Å²) in [5.41, 5.74) is 5.86. The Kier molecular flexibility index (Phi) is 2.52. The molecule has 0 fully saturated rings. The molecule has 4 rings (SSSR count). The van der Waals surface area contributed by atoms with Crippen LogP contribution in [0.4, 0.5) is 5.69 Å². The predicted octanol–water partition coefficient (Wildman–Crippen LogP) is 2.90. The molecule has 0 spiro atoms. The van der Waals surface area contributed by atoms with E-state index >= 15 is 0 Å². The number of para-hydroxylation sites is 1. The van der Waals surface area contributed by atoms with Crippen LogP contribution in [0.2, 0.25) is 0 Å². The molecule has 0 saturated carbocycles. The van der Waals surface area contributed by atoms with E-state index in [0.29, 0.717) is 0 Å². The Morgan fingerprint density at radius 2 is 1.90 bits per heavy atom. The summed E-state index contributed by atoms with van der Waals surface area (Å²) in [4.78, 5) is 0. The first-order valence-electron chi connectivity index (χ1n) is 6.76. The lowest BCUT2D eigenvalue weighted by molar-refractivity contribution is 0.807. The van der Waals surface area contributed by atoms with Crippen molar-refractivity contribution in [2.24, 2.45) is 0 Å². The van der Waals surface area contributed by atoms with Crippen LogP contribution in [0.25, 0.3) is 16.9 Å². The summed E-state index contributed by atoms with van der Waals surface area (Å²) in [6.07, 6.45) is 2.88. The lowest BCUT2D eigenvalue weighted by Crippen LogP contribution is -2.00. The molecule has 1 aromatic heterocycles. The molecule has 3 aromatic rings. The van der Waals surface area contributed by atoms with Gasteiger partial charge >= 0.3 is 0 Å². The first kappa shape index (κ1) is 11.2. The topological polar surface area (TPSA) is 42.7 Å². The number of hydrogen-bond acceptors (Lipinski definition) is 3. The molecular weight excluding hydrogens is 248 g/mol. The lowest BCUT2D eigenvalue weighted by atomic mass is 10.0. The van der Waals surface area contributed by atoms with E-state index in [0.717, 1.165) is 24.3 Å². The van der Waals surface area contributed by atoms with E-state index in [-0.39, 0.29) is 0 Å². The number of anilines is 1. The van der Waals surface area contributed by atoms with Gasteiger partial charge in [0.05, 0.1) is 17.6 Å². The van der Waals surface area contributed by atoms with Crippen molar-refractivity contribution in [2.75, 3.05) is 11.9 Å². The summed E-state index contributed by atoms with van der Waals surface area (Å²) in [6, 6.07) is 16.5. The Bertz CT molecular complexity index is 746. The van der Waals surface area contributed by atoms with Crippen LogP contribution in [-0.2, 0) is 6.42 Å². The number of nitrogens with one attached hydrogen (secondary N) is 1. The zero-order valence-electron chi connectivity index (χ0n) is 11.0. The summed E-state index contributed by atoms with van der Waals surface area (Å²) in [5.74, 6) is 0. The fourth-order valence-electron chi connectivity index (χ4n) is 2.76. The number of rotatable bonds is 2. The van der Waals surface area contributed by atoms with Crippen molar-refractivity contribution in [1.29, 1.82) is 0 Å². The average molecular weight is 262 g/mol. The van der Waals surface area contributed by atoms with Gasteiger partial charge in [0.1, 0.15) is 0 Å². The highest BCUT2D eigenvalue weighted by atomic mass is 15.4. The number of hydrogen-bond donors (Lipinski definition) is 1. The monoisotopic (exact) mass is 262 g/mol. The van der Waals surface area contributed by atoms with Gasteiger partial charge in [-0.25, -0.2) is 4.68 Å². The maximum atomic E-state index is 4.23. The maximum Gasteiger partial charge on any atom is 0.0947 e. The largest absolute Gasteiger partial charge is 0.384 e. The van der Waals surface area contributed by atoms with Crippen molar-refractivity contribution in [1.82, 2.24) is 15.0 Å². The van der Waals surface area contributed by atoms with Crippen molar-refractivity contribution in [3.8, 4) is 16.9 Å². The minimum absolute atomic E-state index is 0.999.